The van der Waals surface area contributed by atoms with Crippen LogP contribution in [0.15, 0.2) is 69.8 Å². The van der Waals surface area contributed by atoms with Gasteiger partial charge in [0.25, 0.3) is 5.91 Å². The van der Waals surface area contributed by atoms with Gasteiger partial charge in [-0.25, -0.2) is 0 Å². The molecule has 1 unspecified atom stereocenters. The quantitative estimate of drug-likeness (QED) is 0.266. The Kier molecular flexibility index (Phi) is 8.41. The topological polar surface area (TPSA) is 112 Å². The van der Waals surface area contributed by atoms with Gasteiger partial charge < -0.3 is 16.2 Å². The van der Waals surface area contributed by atoms with Gasteiger partial charge in [-0.3, -0.25) is 9.79 Å². The Morgan fingerprint density at radius 1 is 1.15 bits per heavy atom. The molecule has 0 saturated heterocycles. The highest BCUT2D eigenvalue weighted by molar-refractivity contribution is 6.30. The number of carbonyl (C=O) groups is 1. The van der Waals surface area contributed by atoms with Crippen molar-refractivity contribution < 1.29 is 9.90 Å². The van der Waals surface area contributed by atoms with Gasteiger partial charge in [0, 0.05) is 17.3 Å². The number of amidine groups is 1. The number of hydrogen-bond acceptors (Lipinski definition) is 5. The number of nitrogens with one attached hydrogen (secondary N) is 1. The summed E-state index contributed by atoms with van der Waals surface area (Å²) >= 11 is 5.87. The third kappa shape index (κ3) is 7.16. The Hall–Kier alpha value is -2.77. The standard InChI is InChI=1S/C19H22ClN5O2/c20-15-9-7-14(8-10-15)13-22-18(21)17(25-23-11-4-12-26)19(27)24-16-5-2-1-3-6-16/h1-3,5-10,17,26H,4,11-13H2,(H2,21,22)(H,24,27). The smallest absolute Gasteiger partial charge is 0.258 e. The first-order valence-corrected chi connectivity index (χ1v) is 8.85. The number of amides is 1. The molecule has 8 heteroatoms. The minimum Gasteiger partial charge on any atom is -0.396 e. The maximum absolute atomic E-state index is 12.6. The lowest BCUT2D eigenvalue weighted by Crippen LogP contribution is -2.38. The number of nitrogens with two attached hydrogens (primary N) is 1. The van der Waals surface area contributed by atoms with Crippen LogP contribution in [0.4, 0.5) is 5.69 Å². The summed E-state index contributed by atoms with van der Waals surface area (Å²) < 4.78 is 0. The number of aliphatic imine (C=N–C) groups is 1. The summed E-state index contributed by atoms with van der Waals surface area (Å²) in [7, 11) is 0. The lowest BCUT2D eigenvalue weighted by molar-refractivity contribution is -0.116. The minimum absolute atomic E-state index is 0.0000363. The van der Waals surface area contributed by atoms with Gasteiger partial charge in [-0.05, 0) is 36.2 Å². The molecule has 0 spiro atoms. The number of benzene rings is 2. The molecular weight excluding hydrogens is 366 g/mol. The monoisotopic (exact) mass is 387 g/mol. The highest BCUT2D eigenvalue weighted by atomic mass is 35.5. The van der Waals surface area contributed by atoms with Crippen molar-refractivity contribution in [2.75, 3.05) is 18.5 Å². The van der Waals surface area contributed by atoms with Gasteiger partial charge in [0.2, 0.25) is 6.04 Å². The fourth-order valence-corrected chi connectivity index (χ4v) is 2.24. The third-order valence-corrected chi connectivity index (χ3v) is 3.79. The van der Waals surface area contributed by atoms with E-state index in [1.54, 1.807) is 24.3 Å². The molecule has 0 bridgehead atoms. The second-order valence-corrected chi connectivity index (χ2v) is 6.12. The van der Waals surface area contributed by atoms with Crippen molar-refractivity contribution in [2.45, 2.75) is 19.0 Å². The van der Waals surface area contributed by atoms with Crippen LogP contribution in [0.1, 0.15) is 12.0 Å². The summed E-state index contributed by atoms with van der Waals surface area (Å²) in [5.41, 5.74) is 7.56. The number of azo groups is 1. The molecule has 142 valence electrons. The number of carbonyl (C=O) groups excluding carboxylic acids is 1. The predicted molar refractivity (Wildman–Crippen MR) is 107 cm³/mol. The predicted octanol–water partition coefficient (Wildman–Crippen LogP) is 3.04. The van der Waals surface area contributed by atoms with E-state index in [2.05, 4.69) is 20.5 Å². The summed E-state index contributed by atoms with van der Waals surface area (Å²) in [4.78, 5) is 16.9. The van der Waals surface area contributed by atoms with Crippen LogP contribution in [0.25, 0.3) is 0 Å². The molecule has 2 rings (SSSR count). The van der Waals surface area contributed by atoms with Crippen molar-refractivity contribution in [3.05, 3.63) is 65.2 Å². The van der Waals surface area contributed by atoms with Crippen molar-refractivity contribution in [2.24, 2.45) is 21.0 Å². The van der Waals surface area contributed by atoms with E-state index in [9.17, 15) is 4.79 Å². The van der Waals surface area contributed by atoms with Crippen LogP contribution in [0.3, 0.4) is 0 Å². The molecule has 4 N–H and O–H groups in total. The molecule has 0 aliphatic rings. The van der Waals surface area contributed by atoms with Gasteiger partial charge in [0.05, 0.1) is 13.1 Å². The second kappa shape index (κ2) is 11.1. The van der Waals surface area contributed by atoms with Gasteiger partial charge in [-0.2, -0.15) is 10.2 Å². The van der Waals surface area contributed by atoms with E-state index in [4.69, 9.17) is 22.4 Å². The van der Waals surface area contributed by atoms with Crippen molar-refractivity contribution in [3.63, 3.8) is 0 Å². The second-order valence-electron chi connectivity index (χ2n) is 5.68. The molecule has 0 heterocycles. The van der Waals surface area contributed by atoms with Crippen LogP contribution in [-0.4, -0.2) is 36.0 Å². The van der Waals surface area contributed by atoms with Crippen LogP contribution in [-0.2, 0) is 11.3 Å². The number of aliphatic hydroxyl groups excluding tert-OH is 1. The largest absolute Gasteiger partial charge is 0.396 e. The Labute approximate surface area is 163 Å². The first-order chi connectivity index (χ1) is 13.1. The molecule has 0 aromatic heterocycles. The van der Waals surface area contributed by atoms with E-state index in [1.165, 1.54) is 0 Å². The molecule has 0 radical (unpaired) electrons. The van der Waals surface area contributed by atoms with Crippen LogP contribution < -0.4 is 11.1 Å². The van der Waals surface area contributed by atoms with Crippen molar-refractivity contribution in [1.29, 1.82) is 0 Å². The minimum atomic E-state index is -1.05. The van der Waals surface area contributed by atoms with Gasteiger partial charge in [-0.1, -0.05) is 41.9 Å². The Morgan fingerprint density at radius 3 is 2.52 bits per heavy atom. The van der Waals surface area contributed by atoms with Crippen LogP contribution in [0.5, 0.6) is 0 Å². The SMILES string of the molecule is NC(=NCc1ccc(Cl)cc1)C(N=NCCCO)C(=O)Nc1ccccc1. The molecule has 1 amide bonds. The van der Waals surface area contributed by atoms with Gasteiger partial charge in [-0.15, -0.1) is 0 Å². The van der Waals surface area contributed by atoms with Crippen LogP contribution in [0, 0.1) is 0 Å². The Morgan fingerprint density at radius 2 is 1.85 bits per heavy atom. The summed E-state index contributed by atoms with van der Waals surface area (Å²) in [5, 5.41) is 20.2. The van der Waals surface area contributed by atoms with E-state index in [1.807, 2.05) is 30.3 Å². The number of aliphatic hydroxyl groups is 1. The molecule has 7 nitrogen and oxygen atoms in total. The molecule has 2 aromatic carbocycles. The van der Waals surface area contributed by atoms with E-state index in [0.29, 0.717) is 30.2 Å². The zero-order valence-corrected chi connectivity index (χ0v) is 15.5. The molecule has 0 saturated carbocycles. The third-order valence-electron chi connectivity index (χ3n) is 3.54. The molecular formula is C19H22ClN5O2. The van der Waals surface area contributed by atoms with E-state index >= 15 is 0 Å². The average Bonchev–Trinajstić information content (AvgIpc) is 2.68. The molecule has 27 heavy (non-hydrogen) atoms. The van der Waals surface area contributed by atoms with E-state index in [-0.39, 0.29) is 12.4 Å². The lowest BCUT2D eigenvalue weighted by Gasteiger charge is -2.12. The van der Waals surface area contributed by atoms with E-state index in [0.717, 1.165) is 5.56 Å². The first-order valence-electron chi connectivity index (χ1n) is 8.48. The normalized spacial score (nSPS) is 12.9. The average molecular weight is 388 g/mol. The fraction of sp³-hybridized carbons (Fsp3) is 0.263. The summed E-state index contributed by atoms with van der Waals surface area (Å²) in [6.45, 7) is 0.598. The van der Waals surface area contributed by atoms with Crippen molar-refractivity contribution in [3.8, 4) is 0 Å². The summed E-state index contributed by atoms with van der Waals surface area (Å²) in [6, 6.07) is 15.1. The number of nitrogens with zero attached hydrogens (tertiary/aromatic N) is 3. The summed E-state index contributed by atoms with van der Waals surface area (Å²) in [5.74, 6) is -0.363. The highest BCUT2D eigenvalue weighted by Crippen LogP contribution is 2.11. The molecule has 0 aliphatic carbocycles. The molecule has 0 fully saturated rings. The molecule has 1 atom stereocenters. The maximum atomic E-state index is 12.6. The number of hydrogen-bond donors (Lipinski definition) is 3. The Bertz CT molecular complexity index is 778. The highest BCUT2D eigenvalue weighted by Gasteiger charge is 2.22. The maximum Gasteiger partial charge on any atom is 0.258 e. The van der Waals surface area contributed by atoms with Gasteiger partial charge in [0.1, 0.15) is 5.84 Å². The zero-order chi connectivity index (χ0) is 19.5. The summed E-state index contributed by atoms with van der Waals surface area (Å²) in [6.07, 6.45) is 0.457. The zero-order valence-electron chi connectivity index (χ0n) is 14.8. The molecule has 0 aliphatic heterocycles. The first kappa shape index (κ1) is 20.5. The number of anilines is 1. The molecule has 2 aromatic rings. The van der Waals surface area contributed by atoms with Crippen LogP contribution >= 0.6 is 11.6 Å². The van der Waals surface area contributed by atoms with E-state index < -0.39 is 11.9 Å². The number of para-hydroxylation sites is 1. The van der Waals surface area contributed by atoms with Crippen molar-refractivity contribution >= 4 is 29.0 Å². The lowest BCUT2D eigenvalue weighted by atomic mass is 10.2. The van der Waals surface area contributed by atoms with Crippen molar-refractivity contribution in [1.82, 2.24) is 0 Å². The van der Waals surface area contributed by atoms with Gasteiger partial charge >= 0.3 is 0 Å². The number of halogens is 1. The van der Waals surface area contributed by atoms with Crippen LogP contribution in [0.2, 0.25) is 5.02 Å². The number of rotatable bonds is 9. The Balaban J connectivity index is 2.11. The fourth-order valence-electron chi connectivity index (χ4n) is 2.12. The van der Waals surface area contributed by atoms with Gasteiger partial charge in [0.15, 0.2) is 0 Å².